The molecule has 8 heteroatoms. The van der Waals surface area contributed by atoms with Gasteiger partial charge >= 0.3 is 0 Å². The van der Waals surface area contributed by atoms with Crippen molar-refractivity contribution in [3.63, 3.8) is 0 Å². The summed E-state index contributed by atoms with van der Waals surface area (Å²) in [5.74, 6) is -2.78. The third-order valence-electron chi connectivity index (χ3n) is 3.09. The SMILES string of the molecule is CC(=O)N(CC(=O)Nc1ccc(F)cc1F)c1ccc(Cl)cc1Cl. The lowest BCUT2D eigenvalue weighted by molar-refractivity contribution is -0.120. The van der Waals surface area contributed by atoms with Gasteiger partial charge in [-0.15, -0.1) is 0 Å². The second kappa shape index (κ2) is 7.59. The first-order chi connectivity index (χ1) is 11.3. The fourth-order valence-corrected chi connectivity index (χ4v) is 2.50. The fraction of sp³-hybridized carbons (Fsp3) is 0.125. The quantitative estimate of drug-likeness (QED) is 0.871. The van der Waals surface area contributed by atoms with Gasteiger partial charge in [0, 0.05) is 18.0 Å². The number of anilines is 2. The van der Waals surface area contributed by atoms with E-state index in [2.05, 4.69) is 5.32 Å². The number of hydrogen-bond acceptors (Lipinski definition) is 2. The van der Waals surface area contributed by atoms with E-state index in [9.17, 15) is 18.4 Å². The molecule has 2 aromatic carbocycles. The Balaban J connectivity index is 2.18. The monoisotopic (exact) mass is 372 g/mol. The van der Waals surface area contributed by atoms with E-state index in [1.54, 1.807) is 0 Å². The molecule has 4 nitrogen and oxygen atoms in total. The number of carbonyl (C=O) groups is 2. The Morgan fingerprint density at radius 2 is 1.83 bits per heavy atom. The maximum atomic E-state index is 13.6. The summed E-state index contributed by atoms with van der Waals surface area (Å²) in [5.41, 5.74) is 0.107. The van der Waals surface area contributed by atoms with Crippen LogP contribution in [0.5, 0.6) is 0 Å². The third kappa shape index (κ3) is 4.43. The van der Waals surface area contributed by atoms with Crippen LogP contribution in [-0.2, 0) is 9.59 Å². The summed E-state index contributed by atoms with van der Waals surface area (Å²) in [4.78, 5) is 25.0. The number of amides is 2. The Kier molecular flexibility index (Phi) is 5.75. The molecule has 0 bridgehead atoms. The van der Waals surface area contributed by atoms with E-state index in [1.807, 2.05) is 0 Å². The molecule has 0 saturated carbocycles. The van der Waals surface area contributed by atoms with Crippen LogP contribution in [0.2, 0.25) is 10.0 Å². The Morgan fingerprint density at radius 3 is 2.42 bits per heavy atom. The van der Waals surface area contributed by atoms with Gasteiger partial charge in [-0.05, 0) is 30.3 Å². The van der Waals surface area contributed by atoms with E-state index in [0.29, 0.717) is 16.8 Å². The van der Waals surface area contributed by atoms with Gasteiger partial charge in [0.25, 0.3) is 0 Å². The molecular formula is C16H12Cl2F2N2O2. The van der Waals surface area contributed by atoms with Gasteiger partial charge in [0.1, 0.15) is 18.2 Å². The molecule has 0 unspecified atom stereocenters. The zero-order chi connectivity index (χ0) is 17.9. The van der Waals surface area contributed by atoms with E-state index in [-0.39, 0.29) is 10.7 Å². The minimum absolute atomic E-state index is 0.188. The Labute approximate surface area is 147 Å². The van der Waals surface area contributed by atoms with Gasteiger partial charge in [0.05, 0.1) is 16.4 Å². The lowest BCUT2D eigenvalue weighted by Gasteiger charge is -2.22. The number of nitrogens with zero attached hydrogens (tertiary/aromatic N) is 1. The molecule has 0 radical (unpaired) electrons. The number of hydrogen-bond donors (Lipinski definition) is 1. The second-order valence-electron chi connectivity index (χ2n) is 4.87. The number of benzene rings is 2. The molecule has 2 aromatic rings. The molecule has 0 heterocycles. The summed E-state index contributed by atoms with van der Waals surface area (Å²) in [7, 11) is 0. The summed E-state index contributed by atoms with van der Waals surface area (Å²) in [6.07, 6.45) is 0. The minimum atomic E-state index is -0.915. The Bertz CT molecular complexity index is 800. The molecule has 126 valence electrons. The van der Waals surface area contributed by atoms with Crippen LogP contribution in [0.25, 0.3) is 0 Å². The maximum Gasteiger partial charge on any atom is 0.244 e. The van der Waals surface area contributed by atoms with Crippen LogP contribution in [-0.4, -0.2) is 18.4 Å². The molecule has 24 heavy (non-hydrogen) atoms. The van der Waals surface area contributed by atoms with Crippen LogP contribution in [0.3, 0.4) is 0 Å². The van der Waals surface area contributed by atoms with Crippen molar-refractivity contribution < 1.29 is 18.4 Å². The molecule has 0 atom stereocenters. The summed E-state index contributed by atoms with van der Waals surface area (Å²) >= 11 is 11.8. The van der Waals surface area contributed by atoms with Gasteiger partial charge in [-0.25, -0.2) is 8.78 Å². The van der Waals surface area contributed by atoms with Gasteiger partial charge in [0.15, 0.2) is 0 Å². The fourth-order valence-electron chi connectivity index (χ4n) is 1.99. The first-order valence-corrected chi connectivity index (χ1v) is 7.51. The zero-order valence-electron chi connectivity index (χ0n) is 12.4. The molecule has 1 N–H and O–H groups in total. The number of nitrogens with one attached hydrogen (secondary N) is 1. The lowest BCUT2D eigenvalue weighted by Crippen LogP contribution is -2.37. The van der Waals surface area contributed by atoms with Crippen molar-refractivity contribution in [2.45, 2.75) is 6.92 Å². The number of halogens is 4. The summed E-state index contributed by atoms with van der Waals surface area (Å²) < 4.78 is 26.4. The lowest BCUT2D eigenvalue weighted by atomic mass is 10.2. The van der Waals surface area contributed by atoms with Crippen LogP contribution >= 0.6 is 23.2 Å². The van der Waals surface area contributed by atoms with Crippen LogP contribution in [0, 0.1) is 11.6 Å². The average Bonchev–Trinajstić information content (AvgIpc) is 2.48. The summed E-state index contributed by atoms with van der Waals surface area (Å²) in [6.45, 7) is 0.865. The molecule has 2 rings (SSSR count). The topological polar surface area (TPSA) is 49.4 Å². The van der Waals surface area contributed by atoms with Crippen LogP contribution in [0.15, 0.2) is 36.4 Å². The van der Waals surface area contributed by atoms with Crippen LogP contribution in [0.4, 0.5) is 20.2 Å². The molecule has 0 aliphatic rings. The molecule has 0 aliphatic heterocycles. The average molecular weight is 373 g/mol. The number of rotatable bonds is 4. The molecule has 0 aliphatic carbocycles. The standard InChI is InChI=1S/C16H12Cl2F2N2O2/c1-9(23)22(15-5-2-10(17)6-12(15)18)8-16(24)21-14-4-3-11(19)7-13(14)20/h2-7H,8H2,1H3,(H,21,24). The van der Waals surface area contributed by atoms with Gasteiger partial charge in [-0.3, -0.25) is 9.59 Å². The summed E-state index contributed by atoms with van der Waals surface area (Å²) in [6, 6.07) is 7.21. The Morgan fingerprint density at radius 1 is 1.12 bits per heavy atom. The van der Waals surface area contributed by atoms with Crippen molar-refractivity contribution in [1.82, 2.24) is 0 Å². The highest BCUT2D eigenvalue weighted by atomic mass is 35.5. The first-order valence-electron chi connectivity index (χ1n) is 6.76. The minimum Gasteiger partial charge on any atom is -0.322 e. The molecule has 0 saturated heterocycles. The van der Waals surface area contributed by atoms with Gasteiger partial charge < -0.3 is 10.2 Å². The van der Waals surface area contributed by atoms with Crippen molar-refractivity contribution in [3.8, 4) is 0 Å². The van der Waals surface area contributed by atoms with E-state index >= 15 is 0 Å². The highest BCUT2D eigenvalue weighted by Crippen LogP contribution is 2.29. The molecule has 0 fully saturated rings. The van der Waals surface area contributed by atoms with Gasteiger partial charge in [-0.1, -0.05) is 23.2 Å². The zero-order valence-corrected chi connectivity index (χ0v) is 14.0. The predicted octanol–water partition coefficient (Wildman–Crippen LogP) is 4.26. The van der Waals surface area contributed by atoms with Gasteiger partial charge in [-0.2, -0.15) is 0 Å². The number of carbonyl (C=O) groups excluding carboxylic acids is 2. The van der Waals surface area contributed by atoms with Crippen molar-refractivity contribution in [3.05, 3.63) is 58.1 Å². The van der Waals surface area contributed by atoms with Gasteiger partial charge in [0.2, 0.25) is 11.8 Å². The van der Waals surface area contributed by atoms with Crippen molar-refractivity contribution in [1.29, 1.82) is 0 Å². The maximum absolute atomic E-state index is 13.6. The Hall–Kier alpha value is -2.18. The third-order valence-corrected chi connectivity index (χ3v) is 3.63. The van der Waals surface area contributed by atoms with Crippen LogP contribution in [0.1, 0.15) is 6.92 Å². The largest absolute Gasteiger partial charge is 0.322 e. The highest BCUT2D eigenvalue weighted by molar-refractivity contribution is 6.36. The molecule has 2 amide bonds. The first kappa shape index (κ1) is 18.2. The van der Waals surface area contributed by atoms with Crippen molar-refractivity contribution >= 4 is 46.4 Å². The predicted molar refractivity (Wildman–Crippen MR) is 89.5 cm³/mol. The smallest absolute Gasteiger partial charge is 0.244 e. The highest BCUT2D eigenvalue weighted by Gasteiger charge is 2.19. The van der Waals surface area contributed by atoms with E-state index < -0.39 is 30.0 Å². The summed E-state index contributed by atoms with van der Waals surface area (Å²) in [5, 5.41) is 2.85. The van der Waals surface area contributed by atoms with E-state index in [1.165, 1.54) is 25.1 Å². The second-order valence-corrected chi connectivity index (χ2v) is 5.72. The molecular weight excluding hydrogens is 361 g/mol. The molecule has 0 spiro atoms. The van der Waals surface area contributed by atoms with Crippen molar-refractivity contribution in [2.24, 2.45) is 0 Å². The van der Waals surface area contributed by atoms with E-state index in [0.717, 1.165) is 17.0 Å². The van der Waals surface area contributed by atoms with E-state index in [4.69, 9.17) is 23.2 Å². The normalized spacial score (nSPS) is 10.4. The van der Waals surface area contributed by atoms with Crippen molar-refractivity contribution in [2.75, 3.05) is 16.8 Å². The van der Waals surface area contributed by atoms with Crippen LogP contribution < -0.4 is 10.2 Å². The molecule has 0 aromatic heterocycles.